The van der Waals surface area contributed by atoms with Crippen LogP contribution in [0.2, 0.25) is 5.02 Å². The number of hydrogen-bond donors (Lipinski definition) is 1. The molecule has 7 nitrogen and oxygen atoms in total. The topological polar surface area (TPSA) is 84.9 Å². The second kappa shape index (κ2) is 11.5. The Hall–Kier alpha value is -3.14. The van der Waals surface area contributed by atoms with E-state index in [4.69, 9.17) is 21.1 Å². The monoisotopic (exact) mass is 646 g/mol. The molecule has 0 radical (unpaired) electrons. The van der Waals surface area contributed by atoms with E-state index < -0.39 is 17.8 Å². The van der Waals surface area contributed by atoms with E-state index in [9.17, 15) is 14.4 Å². The van der Waals surface area contributed by atoms with Crippen molar-refractivity contribution in [2.75, 3.05) is 11.5 Å². The zero-order chi connectivity index (χ0) is 26.7. The first kappa shape index (κ1) is 26.9. The van der Waals surface area contributed by atoms with Gasteiger partial charge in [0.15, 0.2) is 11.5 Å². The highest BCUT2D eigenvalue weighted by molar-refractivity contribution is 9.10. The average molecular weight is 649 g/mol. The van der Waals surface area contributed by atoms with Crippen LogP contribution in [0.15, 0.2) is 69.1 Å². The Kier molecular flexibility index (Phi) is 8.36. The number of anilines is 1. The molecule has 0 saturated carbocycles. The minimum atomic E-state index is -0.848. The van der Waals surface area contributed by atoms with Gasteiger partial charge in [-0.25, -0.2) is 9.69 Å². The van der Waals surface area contributed by atoms with Crippen LogP contribution in [-0.4, -0.2) is 24.5 Å². The minimum absolute atomic E-state index is 0.215. The highest BCUT2D eigenvalue weighted by Crippen LogP contribution is 2.39. The number of carbonyl (C=O) groups is 3. The summed E-state index contributed by atoms with van der Waals surface area (Å²) in [6.07, 6.45) is 1.40. The zero-order valence-electron chi connectivity index (χ0n) is 19.8. The molecule has 0 aliphatic carbocycles. The molecule has 1 aliphatic heterocycles. The Balaban J connectivity index is 1.67. The molecular weight excluding hydrogens is 628 g/mol. The van der Waals surface area contributed by atoms with Gasteiger partial charge >= 0.3 is 6.03 Å². The van der Waals surface area contributed by atoms with Gasteiger partial charge in [0.25, 0.3) is 11.8 Å². The maximum Gasteiger partial charge on any atom is 0.335 e. The molecule has 190 valence electrons. The third-order valence-corrected chi connectivity index (χ3v) is 7.26. The van der Waals surface area contributed by atoms with Crippen LogP contribution < -0.4 is 19.7 Å². The van der Waals surface area contributed by atoms with Gasteiger partial charge < -0.3 is 9.47 Å². The van der Waals surface area contributed by atoms with Gasteiger partial charge in [-0.2, -0.15) is 0 Å². The number of urea groups is 1. The summed E-state index contributed by atoms with van der Waals surface area (Å²) in [4.78, 5) is 39.3. The van der Waals surface area contributed by atoms with Crippen LogP contribution in [0.1, 0.15) is 23.6 Å². The van der Waals surface area contributed by atoms with E-state index in [1.807, 2.05) is 31.2 Å². The first-order valence-corrected chi connectivity index (χ1v) is 13.2. The lowest BCUT2D eigenvalue weighted by atomic mass is 10.1. The molecule has 3 aromatic carbocycles. The van der Waals surface area contributed by atoms with Crippen molar-refractivity contribution >= 4 is 73.1 Å². The van der Waals surface area contributed by atoms with Crippen LogP contribution >= 0.6 is 43.5 Å². The fourth-order valence-corrected chi connectivity index (χ4v) is 4.77. The molecule has 0 bridgehead atoms. The maximum absolute atomic E-state index is 13.3. The van der Waals surface area contributed by atoms with E-state index >= 15 is 0 Å². The van der Waals surface area contributed by atoms with Crippen molar-refractivity contribution < 1.29 is 23.9 Å². The minimum Gasteiger partial charge on any atom is -0.490 e. The van der Waals surface area contributed by atoms with Gasteiger partial charge in [-0.1, -0.05) is 51.8 Å². The highest BCUT2D eigenvalue weighted by Gasteiger charge is 2.37. The lowest BCUT2D eigenvalue weighted by Crippen LogP contribution is -2.54. The Morgan fingerprint density at radius 1 is 1.00 bits per heavy atom. The van der Waals surface area contributed by atoms with E-state index in [-0.39, 0.29) is 17.9 Å². The molecular formula is C27H21Br2ClN2O5. The van der Waals surface area contributed by atoms with Crippen molar-refractivity contribution in [1.82, 2.24) is 5.32 Å². The number of carbonyl (C=O) groups excluding carboxylic acids is 3. The van der Waals surface area contributed by atoms with Crippen LogP contribution in [-0.2, 0) is 16.2 Å². The molecule has 4 rings (SSSR count). The molecule has 0 spiro atoms. The van der Waals surface area contributed by atoms with Gasteiger partial charge in [-0.05, 0) is 77.3 Å². The number of ether oxygens (including phenoxy) is 2. The molecule has 1 fully saturated rings. The fourth-order valence-electron chi connectivity index (χ4n) is 3.62. The normalized spacial score (nSPS) is 14.7. The SMILES string of the molecule is CCOc1cc(/C=C2\C(=O)NC(=O)N(c3ccc(C)c(Cl)c3)C2=O)cc(Br)c1OCc1ccccc1Br. The second-order valence-electron chi connectivity index (χ2n) is 8.03. The predicted molar refractivity (Wildman–Crippen MR) is 149 cm³/mol. The second-order valence-corrected chi connectivity index (χ2v) is 10.2. The van der Waals surface area contributed by atoms with Crippen LogP contribution in [0.3, 0.4) is 0 Å². The van der Waals surface area contributed by atoms with Gasteiger partial charge in [0.2, 0.25) is 0 Å². The van der Waals surface area contributed by atoms with E-state index in [1.54, 1.807) is 31.2 Å². The molecule has 37 heavy (non-hydrogen) atoms. The van der Waals surface area contributed by atoms with Gasteiger partial charge in [-0.15, -0.1) is 0 Å². The number of nitrogens with zero attached hydrogens (tertiary/aromatic N) is 1. The van der Waals surface area contributed by atoms with Gasteiger partial charge in [0, 0.05) is 15.1 Å². The molecule has 1 aliphatic rings. The van der Waals surface area contributed by atoms with Crippen LogP contribution in [0.4, 0.5) is 10.5 Å². The lowest BCUT2D eigenvalue weighted by Gasteiger charge is -2.26. The third-order valence-electron chi connectivity index (χ3n) is 5.49. The number of amides is 4. The van der Waals surface area contributed by atoms with E-state index in [1.165, 1.54) is 12.1 Å². The zero-order valence-corrected chi connectivity index (χ0v) is 23.7. The van der Waals surface area contributed by atoms with Crippen molar-refractivity contribution in [3.8, 4) is 11.5 Å². The summed E-state index contributed by atoms with van der Waals surface area (Å²) in [6, 6.07) is 15.0. The molecule has 0 aromatic heterocycles. The lowest BCUT2D eigenvalue weighted by molar-refractivity contribution is -0.122. The quantitative estimate of drug-likeness (QED) is 0.225. The number of imide groups is 2. The van der Waals surface area contributed by atoms with Crippen LogP contribution in [0.25, 0.3) is 6.08 Å². The van der Waals surface area contributed by atoms with Crippen molar-refractivity contribution in [3.05, 3.63) is 90.8 Å². The Bertz CT molecular complexity index is 1440. The standard InChI is InChI=1S/C27H21Br2ClN2O5/c1-3-36-23-12-16(11-21(29)24(23)37-14-17-6-4-5-7-20(17)28)10-19-25(33)31-27(35)32(26(19)34)18-9-8-15(2)22(30)13-18/h4-13H,3,14H2,1-2H3,(H,31,33,35)/b19-10+. The summed E-state index contributed by atoms with van der Waals surface area (Å²) in [7, 11) is 0. The van der Waals surface area contributed by atoms with E-state index in [2.05, 4.69) is 37.2 Å². The van der Waals surface area contributed by atoms with Crippen molar-refractivity contribution in [2.45, 2.75) is 20.5 Å². The first-order chi connectivity index (χ1) is 17.7. The summed E-state index contributed by atoms with van der Waals surface area (Å²) >= 11 is 13.2. The first-order valence-electron chi connectivity index (χ1n) is 11.2. The third kappa shape index (κ3) is 5.89. The number of hydrogen-bond acceptors (Lipinski definition) is 5. The number of benzene rings is 3. The van der Waals surface area contributed by atoms with Crippen LogP contribution in [0, 0.1) is 6.92 Å². The molecule has 10 heteroatoms. The fraction of sp³-hybridized carbons (Fsp3) is 0.148. The van der Waals surface area contributed by atoms with Crippen molar-refractivity contribution in [1.29, 1.82) is 0 Å². The molecule has 1 saturated heterocycles. The summed E-state index contributed by atoms with van der Waals surface area (Å²) in [5, 5.41) is 2.61. The summed E-state index contributed by atoms with van der Waals surface area (Å²) < 4.78 is 13.3. The van der Waals surface area contributed by atoms with Gasteiger partial charge in [0.1, 0.15) is 12.2 Å². The Labute approximate surface area is 235 Å². The number of halogens is 3. The summed E-state index contributed by atoms with van der Waals surface area (Å²) in [5.74, 6) is -0.659. The molecule has 3 aromatic rings. The smallest absolute Gasteiger partial charge is 0.335 e. The number of rotatable bonds is 7. The Morgan fingerprint density at radius 2 is 1.76 bits per heavy atom. The molecule has 1 N–H and O–H groups in total. The molecule has 4 amide bonds. The number of aryl methyl sites for hydroxylation is 1. The largest absolute Gasteiger partial charge is 0.490 e. The maximum atomic E-state index is 13.3. The van der Waals surface area contributed by atoms with Crippen molar-refractivity contribution in [2.24, 2.45) is 0 Å². The average Bonchev–Trinajstić information content (AvgIpc) is 2.84. The van der Waals surface area contributed by atoms with E-state index in [0.29, 0.717) is 33.2 Å². The van der Waals surface area contributed by atoms with Gasteiger partial charge in [-0.3, -0.25) is 14.9 Å². The summed E-state index contributed by atoms with van der Waals surface area (Å²) in [5.41, 5.74) is 2.28. The van der Waals surface area contributed by atoms with E-state index in [0.717, 1.165) is 20.5 Å². The van der Waals surface area contributed by atoms with Crippen LogP contribution in [0.5, 0.6) is 11.5 Å². The number of barbiturate groups is 1. The van der Waals surface area contributed by atoms with Gasteiger partial charge in [0.05, 0.1) is 16.8 Å². The number of nitrogens with one attached hydrogen (secondary N) is 1. The molecule has 1 heterocycles. The summed E-state index contributed by atoms with van der Waals surface area (Å²) in [6.45, 7) is 4.30. The van der Waals surface area contributed by atoms with Crippen molar-refractivity contribution in [3.63, 3.8) is 0 Å². The molecule has 0 unspecified atom stereocenters. The Morgan fingerprint density at radius 3 is 2.46 bits per heavy atom. The highest BCUT2D eigenvalue weighted by atomic mass is 79.9. The molecule has 0 atom stereocenters. The predicted octanol–water partition coefficient (Wildman–Crippen LogP) is 6.82.